The molecule has 0 aliphatic heterocycles. The zero-order chi connectivity index (χ0) is 15.1. The van der Waals surface area contributed by atoms with E-state index in [1.807, 2.05) is 49.4 Å². The van der Waals surface area contributed by atoms with Crippen LogP contribution in [0.2, 0.25) is 0 Å². The van der Waals surface area contributed by atoms with Crippen LogP contribution in [0.5, 0.6) is 0 Å². The molecule has 0 spiro atoms. The summed E-state index contributed by atoms with van der Waals surface area (Å²) in [7, 11) is 0. The lowest BCUT2D eigenvalue weighted by atomic mass is 10.1. The van der Waals surface area contributed by atoms with E-state index in [1.165, 1.54) is 0 Å². The van der Waals surface area contributed by atoms with Crippen molar-refractivity contribution >= 4 is 11.5 Å². The van der Waals surface area contributed by atoms with Crippen LogP contribution in [0, 0.1) is 6.92 Å². The number of aryl methyl sites for hydroxylation is 1. The Morgan fingerprint density at radius 2 is 1.71 bits per heavy atom. The van der Waals surface area contributed by atoms with E-state index in [1.54, 1.807) is 18.2 Å². The van der Waals surface area contributed by atoms with Gasteiger partial charge < -0.3 is 9.84 Å². The molecule has 21 heavy (non-hydrogen) atoms. The number of aliphatic hydroxyl groups excluding tert-OH is 1. The van der Waals surface area contributed by atoms with Crippen LogP contribution in [-0.2, 0) is 4.74 Å². The summed E-state index contributed by atoms with van der Waals surface area (Å²) < 4.78 is 5.20. The van der Waals surface area contributed by atoms with Gasteiger partial charge in [0.15, 0.2) is 0 Å². The third-order valence-corrected chi connectivity index (χ3v) is 3.15. The van der Waals surface area contributed by atoms with Gasteiger partial charge in [0.1, 0.15) is 6.61 Å². The van der Waals surface area contributed by atoms with Crippen LogP contribution in [-0.4, -0.2) is 24.3 Å². The minimum absolute atomic E-state index is 0.0912. The number of esters is 1. The summed E-state index contributed by atoms with van der Waals surface area (Å²) in [6, 6.07) is 16.8. The predicted octanol–water partition coefficient (Wildman–Crippen LogP) is 3.23. The summed E-state index contributed by atoms with van der Waals surface area (Å²) in [5, 5.41) is 9.38. The van der Waals surface area contributed by atoms with Crippen LogP contribution in [0.3, 0.4) is 0 Å². The minimum atomic E-state index is -0.364. The van der Waals surface area contributed by atoms with Gasteiger partial charge in [-0.05, 0) is 36.3 Å². The third kappa shape index (κ3) is 4.29. The van der Waals surface area contributed by atoms with Crippen molar-refractivity contribution in [2.45, 2.75) is 6.92 Å². The first-order valence-corrected chi connectivity index (χ1v) is 6.80. The van der Waals surface area contributed by atoms with E-state index in [-0.39, 0.29) is 19.2 Å². The maximum Gasteiger partial charge on any atom is 0.338 e. The molecule has 0 bridgehead atoms. The second-order valence-corrected chi connectivity index (χ2v) is 4.72. The molecule has 1 N–H and O–H groups in total. The maximum absolute atomic E-state index is 11.8. The highest BCUT2D eigenvalue weighted by Gasteiger charge is 2.06. The molecule has 0 fully saturated rings. The Hall–Kier alpha value is -2.39. The molecule has 2 rings (SSSR count). The van der Waals surface area contributed by atoms with E-state index in [0.717, 1.165) is 16.7 Å². The van der Waals surface area contributed by atoms with E-state index in [0.29, 0.717) is 5.56 Å². The van der Waals surface area contributed by atoms with Gasteiger partial charge in [-0.25, -0.2) is 4.79 Å². The average Bonchev–Trinajstić information content (AvgIpc) is 2.53. The van der Waals surface area contributed by atoms with Gasteiger partial charge in [0.2, 0.25) is 0 Å². The number of benzene rings is 2. The van der Waals surface area contributed by atoms with Gasteiger partial charge in [-0.1, -0.05) is 48.0 Å². The van der Waals surface area contributed by atoms with Crippen LogP contribution in [0.15, 0.2) is 60.7 Å². The van der Waals surface area contributed by atoms with Crippen molar-refractivity contribution in [1.82, 2.24) is 0 Å². The van der Waals surface area contributed by atoms with Crippen molar-refractivity contribution in [2.75, 3.05) is 13.2 Å². The van der Waals surface area contributed by atoms with E-state index < -0.39 is 0 Å². The molecule has 0 heterocycles. The highest BCUT2D eigenvalue weighted by molar-refractivity contribution is 5.89. The van der Waals surface area contributed by atoms with Gasteiger partial charge in [0, 0.05) is 0 Å². The molecule has 0 unspecified atom stereocenters. The zero-order valence-corrected chi connectivity index (χ0v) is 12.0. The van der Waals surface area contributed by atoms with E-state index in [4.69, 9.17) is 4.74 Å². The topological polar surface area (TPSA) is 46.5 Å². The molecule has 0 radical (unpaired) electrons. The summed E-state index contributed by atoms with van der Waals surface area (Å²) in [6.45, 7) is 2.01. The number of carbonyl (C=O) groups is 1. The van der Waals surface area contributed by atoms with Gasteiger partial charge in [-0.15, -0.1) is 0 Å². The first-order chi connectivity index (χ1) is 10.2. The quantitative estimate of drug-likeness (QED) is 0.856. The highest BCUT2D eigenvalue weighted by atomic mass is 16.5. The van der Waals surface area contributed by atoms with Crippen molar-refractivity contribution in [3.05, 3.63) is 77.4 Å². The molecule has 2 aromatic carbocycles. The Bertz CT molecular complexity index is 613. The molecular weight excluding hydrogens is 264 g/mol. The normalized spacial score (nSPS) is 11.2. The Kier molecular flexibility index (Phi) is 5.29. The van der Waals surface area contributed by atoms with Gasteiger partial charge in [0.25, 0.3) is 0 Å². The Morgan fingerprint density at radius 3 is 2.33 bits per heavy atom. The lowest BCUT2D eigenvalue weighted by molar-refractivity contribution is 0.0549. The smallest absolute Gasteiger partial charge is 0.338 e. The third-order valence-electron chi connectivity index (χ3n) is 3.15. The van der Waals surface area contributed by atoms with Crippen molar-refractivity contribution < 1.29 is 14.6 Å². The summed E-state index contributed by atoms with van der Waals surface area (Å²) in [6.07, 6.45) is 1.72. The number of hydrogen-bond donors (Lipinski definition) is 1. The first kappa shape index (κ1) is 15.0. The molecule has 3 nitrogen and oxygen atoms in total. The second kappa shape index (κ2) is 7.41. The molecule has 0 aliphatic carbocycles. The first-order valence-electron chi connectivity index (χ1n) is 6.80. The van der Waals surface area contributed by atoms with Gasteiger partial charge >= 0.3 is 5.97 Å². The molecule has 0 aromatic heterocycles. The highest BCUT2D eigenvalue weighted by Crippen LogP contribution is 2.13. The molecule has 0 saturated carbocycles. The average molecular weight is 282 g/mol. The van der Waals surface area contributed by atoms with Crippen molar-refractivity contribution in [3.63, 3.8) is 0 Å². The van der Waals surface area contributed by atoms with Crippen molar-refractivity contribution in [1.29, 1.82) is 0 Å². The van der Waals surface area contributed by atoms with Crippen LogP contribution in [0.25, 0.3) is 5.57 Å². The number of ether oxygens (including phenoxy) is 1. The summed E-state index contributed by atoms with van der Waals surface area (Å²) >= 11 is 0. The predicted molar refractivity (Wildman–Crippen MR) is 83.0 cm³/mol. The number of hydrogen-bond acceptors (Lipinski definition) is 3. The summed E-state index contributed by atoms with van der Waals surface area (Å²) in [4.78, 5) is 11.8. The Morgan fingerprint density at radius 1 is 1.05 bits per heavy atom. The fourth-order valence-electron chi connectivity index (χ4n) is 1.92. The molecule has 0 aliphatic rings. The molecule has 0 saturated heterocycles. The summed E-state index contributed by atoms with van der Waals surface area (Å²) in [5.74, 6) is -0.364. The van der Waals surface area contributed by atoms with Crippen LogP contribution in [0.4, 0.5) is 0 Å². The number of rotatable bonds is 5. The maximum atomic E-state index is 11.8. The number of aliphatic hydroxyl groups is 1. The van der Waals surface area contributed by atoms with E-state index in [2.05, 4.69) is 0 Å². The van der Waals surface area contributed by atoms with Gasteiger partial charge in [-0.3, -0.25) is 0 Å². The van der Waals surface area contributed by atoms with E-state index >= 15 is 0 Å². The van der Waals surface area contributed by atoms with Crippen LogP contribution >= 0.6 is 0 Å². The van der Waals surface area contributed by atoms with E-state index in [9.17, 15) is 9.90 Å². The largest absolute Gasteiger partial charge is 0.458 e. The zero-order valence-electron chi connectivity index (χ0n) is 12.0. The summed E-state index contributed by atoms with van der Waals surface area (Å²) in [5.41, 5.74) is 3.29. The number of carbonyl (C=O) groups excluding carboxylic acids is 1. The van der Waals surface area contributed by atoms with Gasteiger partial charge in [-0.2, -0.15) is 0 Å². The minimum Gasteiger partial charge on any atom is -0.458 e. The molecule has 0 amide bonds. The fraction of sp³-hybridized carbons (Fsp3) is 0.167. The molecular formula is C18H18O3. The molecule has 108 valence electrons. The monoisotopic (exact) mass is 282 g/mol. The SMILES string of the molecule is Cc1ccc(C(=O)OCC=C(CO)c2ccccc2)cc1. The Labute approximate surface area is 124 Å². The molecule has 2 aromatic rings. The van der Waals surface area contributed by atoms with Crippen LogP contribution in [0.1, 0.15) is 21.5 Å². The Balaban J connectivity index is 1.97. The standard InChI is InChI=1S/C18H18O3/c1-14-7-9-16(10-8-14)18(20)21-12-11-17(13-19)15-5-3-2-4-6-15/h2-11,19H,12-13H2,1H3. The van der Waals surface area contributed by atoms with Gasteiger partial charge in [0.05, 0.1) is 12.2 Å². The lowest BCUT2D eigenvalue weighted by Gasteiger charge is -2.06. The van der Waals surface area contributed by atoms with Crippen LogP contribution < -0.4 is 0 Å². The molecule has 0 atom stereocenters. The second-order valence-electron chi connectivity index (χ2n) is 4.72. The lowest BCUT2D eigenvalue weighted by Crippen LogP contribution is -2.05. The fourth-order valence-corrected chi connectivity index (χ4v) is 1.92. The van der Waals surface area contributed by atoms with Crippen molar-refractivity contribution in [3.8, 4) is 0 Å². The molecule has 3 heteroatoms. The van der Waals surface area contributed by atoms with Crippen molar-refractivity contribution in [2.24, 2.45) is 0 Å².